The van der Waals surface area contributed by atoms with Crippen LogP contribution in [0.2, 0.25) is 0 Å². The smallest absolute Gasteiger partial charge is 0.361 e. The molecule has 7 heteroatoms. The Morgan fingerprint density at radius 2 is 1.79 bits per heavy atom. The van der Waals surface area contributed by atoms with Crippen LogP contribution in [0.5, 0.6) is 0 Å². The normalized spacial score (nSPS) is 12.0. The number of fused-ring (bicyclic) bond motifs is 1. The van der Waals surface area contributed by atoms with Crippen LogP contribution in [0.15, 0.2) is 79.4 Å². The summed E-state index contributed by atoms with van der Waals surface area (Å²) in [7, 11) is 0. The van der Waals surface area contributed by atoms with E-state index < -0.39 is 11.1 Å². The quantitative estimate of drug-likeness (QED) is 0.351. The van der Waals surface area contributed by atoms with Crippen LogP contribution in [0, 0.1) is 0 Å². The Labute approximate surface area is 168 Å². The predicted molar refractivity (Wildman–Crippen MR) is 109 cm³/mol. The van der Waals surface area contributed by atoms with Gasteiger partial charge in [0.05, 0.1) is 22.6 Å². The molecule has 0 unspecified atom stereocenters. The lowest BCUT2D eigenvalue weighted by Crippen LogP contribution is -2.03. The van der Waals surface area contributed by atoms with E-state index in [0.29, 0.717) is 16.1 Å². The fourth-order valence-corrected chi connectivity index (χ4v) is 4.44. The van der Waals surface area contributed by atoms with Gasteiger partial charge in [-0.15, -0.1) is 11.3 Å². The molecular weight excluding hydrogens is 395 g/mol. The van der Waals surface area contributed by atoms with Crippen LogP contribution in [-0.4, -0.2) is 14.5 Å². The van der Waals surface area contributed by atoms with Gasteiger partial charge in [0.15, 0.2) is 0 Å². The highest BCUT2D eigenvalue weighted by Crippen LogP contribution is 2.45. The number of halogens is 3. The van der Waals surface area contributed by atoms with Crippen LogP contribution in [0.4, 0.5) is 13.2 Å². The molecule has 5 aromatic rings. The molecule has 0 fully saturated rings. The highest BCUT2D eigenvalue weighted by Gasteiger charge is 2.36. The second-order valence-electron chi connectivity index (χ2n) is 6.60. The largest absolute Gasteiger partial charge is 0.426 e. The Kier molecular flexibility index (Phi) is 4.06. The monoisotopic (exact) mass is 409 g/mol. The number of nitrogens with one attached hydrogen (secondary N) is 1. The fraction of sp³-hybridized carbons (Fsp3) is 0.0455. The number of rotatable bonds is 3. The zero-order valence-electron chi connectivity index (χ0n) is 14.9. The lowest BCUT2D eigenvalue weighted by molar-refractivity contribution is -0.133. The molecule has 0 spiro atoms. The van der Waals surface area contributed by atoms with Crippen molar-refractivity contribution in [2.45, 2.75) is 6.18 Å². The van der Waals surface area contributed by atoms with Crippen molar-refractivity contribution in [3.05, 3.63) is 84.3 Å². The SMILES string of the molecule is FC(F)(F)c1sc(-c2cn(-c3cccc4[nH]ccc34)cn2)cc1-c1ccccc1. The second kappa shape index (κ2) is 6.63. The Balaban J connectivity index is 1.61. The number of benzene rings is 2. The van der Waals surface area contributed by atoms with Crippen molar-refractivity contribution in [1.82, 2.24) is 14.5 Å². The number of aromatic amines is 1. The lowest BCUT2D eigenvalue weighted by Gasteiger charge is -2.07. The number of alkyl halides is 3. The summed E-state index contributed by atoms with van der Waals surface area (Å²) in [4.78, 5) is 7.41. The number of nitrogens with zero attached hydrogens (tertiary/aromatic N) is 2. The third-order valence-electron chi connectivity index (χ3n) is 4.76. The van der Waals surface area contributed by atoms with E-state index in [1.54, 1.807) is 48.9 Å². The summed E-state index contributed by atoms with van der Waals surface area (Å²) in [6.07, 6.45) is 0.829. The van der Waals surface area contributed by atoms with Gasteiger partial charge in [-0.1, -0.05) is 36.4 Å². The Hall–Kier alpha value is -3.32. The van der Waals surface area contributed by atoms with Crippen molar-refractivity contribution in [1.29, 1.82) is 0 Å². The van der Waals surface area contributed by atoms with Crippen molar-refractivity contribution in [2.75, 3.05) is 0 Å². The standard InChI is InChI=1S/C22H14F3N3S/c23-22(24,25)21-16(14-5-2-1-3-6-14)11-20(29-21)18-12-28(13-27-18)19-8-4-7-17-15(19)9-10-26-17/h1-13,26H. The molecule has 0 aliphatic rings. The van der Waals surface area contributed by atoms with Crippen molar-refractivity contribution >= 4 is 22.2 Å². The molecule has 144 valence electrons. The van der Waals surface area contributed by atoms with E-state index in [2.05, 4.69) is 9.97 Å². The summed E-state index contributed by atoms with van der Waals surface area (Å²) in [6.45, 7) is 0. The van der Waals surface area contributed by atoms with Gasteiger partial charge in [0.2, 0.25) is 0 Å². The zero-order chi connectivity index (χ0) is 20.0. The minimum atomic E-state index is -4.42. The predicted octanol–water partition coefficient (Wildman–Crippen LogP) is 6.77. The third-order valence-corrected chi connectivity index (χ3v) is 5.96. The van der Waals surface area contributed by atoms with Crippen molar-refractivity contribution < 1.29 is 13.2 Å². The van der Waals surface area contributed by atoms with E-state index in [0.717, 1.165) is 27.9 Å². The van der Waals surface area contributed by atoms with Crippen LogP contribution in [0.25, 0.3) is 38.3 Å². The van der Waals surface area contributed by atoms with Gasteiger partial charge >= 0.3 is 6.18 Å². The molecule has 0 amide bonds. The molecule has 5 rings (SSSR count). The van der Waals surface area contributed by atoms with E-state index in [1.807, 2.05) is 35.0 Å². The first kappa shape index (κ1) is 17.8. The average Bonchev–Trinajstić information content (AvgIpc) is 3.45. The summed E-state index contributed by atoms with van der Waals surface area (Å²) >= 11 is 0.721. The maximum atomic E-state index is 13.7. The molecular formula is C22H14F3N3S. The first-order chi connectivity index (χ1) is 14.0. The lowest BCUT2D eigenvalue weighted by atomic mass is 10.1. The van der Waals surface area contributed by atoms with Crippen molar-refractivity contribution in [3.8, 4) is 27.4 Å². The van der Waals surface area contributed by atoms with Crippen molar-refractivity contribution in [2.24, 2.45) is 0 Å². The summed E-state index contributed by atoms with van der Waals surface area (Å²) in [6, 6.07) is 18.0. The summed E-state index contributed by atoms with van der Waals surface area (Å²) in [5.74, 6) is 0. The van der Waals surface area contributed by atoms with Crippen LogP contribution >= 0.6 is 11.3 Å². The third kappa shape index (κ3) is 3.13. The summed E-state index contributed by atoms with van der Waals surface area (Å²) < 4.78 is 42.8. The van der Waals surface area contributed by atoms with Gasteiger partial charge in [0.25, 0.3) is 0 Å². The number of aromatic nitrogens is 3. The molecule has 0 bridgehead atoms. The van der Waals surface area contributed by atoms with Crippen LogP contribution in [0.3, 0.4) is 0 Å². The molecule has 0 saturated carbocycles. The molecule has 0 saturated heterocycles. The van der Waals surface area contributed by atoms with Crippen LogP contribution < -0.4 is 0 Å². The maximum Gasteiger partial charge on any atom is 0.426 e. The molecule has 3 nitrogen and oxygen atoms in total. The van der Waals surface area contributed by atoms with Crippen LogP contribution in [-0.2, 0) is 6.18 Å². The van der Waals surface area contributed by atoms with E-state index >= 15 is 0 Å². The molecule has 0 radical (unpaired) electrons. The Morgan fingerprint density at radius 3 is 2.59 bits per heavy atom. The molecule has 0 aliphatic carbocycles. The van der Waals surface area contributed by atoms with Gasteiger partial charge in [-0.2, -0.15) is 13.2 Å². The van der Waals surface area contributed by atoms with Crippen LogP contribution in [0.1, 0.15) is 4.88 Å². The first-order valence-electron chi connectivity index (χ1n) is 8.88. The molecule has 1 N–H and O–H groups in total. The minimum absolute atomic E-state index is 0.181. The molecule has 3 aromatic heterocycles. The zero-order valence-corrected chi connectivity index (χ0v) is 15.8. The van der Waals surface area contributed by atoms with Gasteiger partial charge in [-0.25, -0.2) is 4.98 Å². The van der Waals surface area contributed by atoms with E-state index in [4.69, 9.17) is 0 Å². The fourth-order valence-electron chi connectivity index (χ4n) is 3.44. The van der Waals surface area contributed by atoms with E-state index in [-0.39, 0.29) is 5.56 Å². The first-order valence-corrected chi connectivity index (χ1v) is 9.69. The van der Waals surface area contributed by atoms with E-state index in [1.165, 1.54) is 0 Å². The summed E-state index contributed by atoms with van der Waals surface area (Å²) in [5, 5.41) is 1.02. The molecule has 3 heterocycles. The molecule has 0 aliphatic heterocycles. The van der Waals surface area contributed by atoms with E-state index in [9.17, 15) is 13.2 Å². The highest BCUT2D eigenvalue weighted by atomic mass is 32.1. The molecule has 0 atom stereocenters. The van der Waals surface area contributed by atoms with Gasteiger partial charge in [0, 0.05) is 28.9 Å². The number of H-pyrrole nitrogens is 1. The van der Waals surface area contributed by atoms with Gasteiger partial charge in [0.1, 0.15) is 4.88 Å². The highest BCUT2D eigenvalue weighted by molar-refractivity contribution is 7.16. The molecule has 2 aromatic carbocycles. The van der Waals surface area contributed by atoms with Gasteiger partial charge in [-0.3, -0.25) is 0 Å². The number of hydrogen-bond acceptors (Lipinski definition) is 2. The minimum Gasteiger partial charge on any atom is -0.361 e. The maximum absolute atomic E-state index is 13.7. The summed E-state index contributed by atoms with van der Waals surface area (Å²) in [5.41, 5.74) is 3.13. The average molecular weight is 409 g/mol. The number of hydrogen-bond donors (Lipinski definition) is 1. The number of imidazole rings is 1. The second-order valence-corrected chi connectivity index (χ2v) is 7.65. The van der Waals surface area contributed by atoms with Crippen molar-refractivity contribution in [3.63, 3.8) is 0 Å². The Bertz CT molecular complexity index is 1300. The van der Waals surface area contributed by atoms with Gasteiger partial charge < -0.3 is 9.55 Å². The topological polar surface area (TPSA) is 33.6 Å². The molecule has 29 heavy (non-hydrogen) atoms. The van der Waals surface area contributed by atoms with Gasteiger partial charge in [-0.05, 0) is 29.8 Å². The number of thiophene rings is 1. The Morgan fingerprint density at radius 1 is 0.966 bits per heavy atom.